The van der Waals surface area contributed by atoms with Gasteiger partial charge in [-0.3, -0.25) is 4.98 Å². The number of nitrogens with one attached hydrogen (secondary N) is 1. The molecular formula is C14H19FN2O2. The molecule has 0 aliphatic rings. The van der Waals surface area contributed by atoms with E-state index in [0.29, 0.717) is 17.9 Å². The van der Waals surface area contributed by atoms with Gasteiger partial charge in [-0.15, -0.1) is 0 Å². The van der Waals surface area contributed by atoms with Crippen molar-refractivity contribution in [2.24, 2.45) is 0 Å². The third-order valence-corrected chi connectivity index (χ3v) is 2.09. The number of aryl methyl sites for hydroxylation is 1. The van der Waals surface area contributed by atoms with Crippen LogP contribution in [0.5, 0.6) is 0 Å². The molecule has 0 radical (unpaired) electrons. The number of halogens is 1. The number of nitrogens with zero attached hydrogens (tertiary/aromatic N) is 1. The Bertz CT molecular complexity index is 479. The van der Waals surface area contributed by atoms with Crippen LogP contribution in [0.3, 0.4) is 0 Å². The first-order valence-electron chi connectivity index (χ1n) is 6.04. The molecule has 1 aromatic rings. The zero-order valence-corrected chi connectivity index (χ0v) is 11.7. The van der Waals surface area contributed by atoms with Gasteiger partial charge in [0.1, 0.15) is 11.4 Å². The van der Waals surface area contributed by atoms with Gasteiger partial charge >= 0.3 is 6.09 Å². The first kappa shape index (κ1) is 15.1. The van der Waals surface area contributed by atoms with E-state index in [2.05, 4.69) is 10.3 Å². The van der Waals surface area contributed by atoms with Crippen molar-refractivity contribution < 1.29 is 13.9 Å². The minimum Gasteiger partial charge on any atom is -0.444 e. The highest BCUT2D eigenvalue weighted by atomic mass is 19.1. The van der Waals surface area contributed by atoms with E-state index >= 15 is 0 Å². The van der Waals surface area contributed by atoms with E-state index < -0.39 is 11.7 Å². The molecule has 4 nitrogen and oxygen atoms in total. The Morgan fingerprint density at radius 1 is 1.47 bits per heavy atom. The molecule has 1 heterocycles. The quantitative estimate of drug-likeness (QED) is 0.914. The van der Waals surface area contributed by atoms with Gasteiger partial charge in [0.05, 0.1) is 11.4 Å². The lowest BCUT2D eigenvalue weighted by molar-refractivity contribution is 0.0534. The largest absolute Gasteiger partial charge is 0.444 e. The van der Waals surface area contributed by atoms with Gasteiger partial charge < -0.3 is 10.1 Å². The van der Waals surface area contributed by atoms with Crippen molar-refractivity contribution in [1.29, 1.82) is 0 Å². The summed E-state index contributed by atoms with van der Waals surface area (Å²) in [5.41, 5.74) is 0.482. The molecule has 0 spiro atoms. The molecule has 1 rings (SSSR count). The lowest BCUT2D eigenvalue weighted by Gasteiger charge is -2.19. The van der Waals surface area contributed by atoms with E-state index in [1.807, 2.05) is 0 Å². The maximum absolute atomic E-state index is 13.0. The van der Waals surface area contributed by atoms with E-state index in [4.69, 9.17) is 4.74 Å². The van der Waals surface area contributed by atoms with Gasteiger partial charge in [0.15, 0.2) is 0 Å². The van der Waals surface area contributed by atoms with Crippen molar-refractivity contribution in [1.82, 2.24) is 10.3 Å². The molecule has 104 valence electrons. The summed E-state index contributed by atoms with van der Waals surface area (Å²) in [5.74, 6) is -0.330. The average molecular weight is 266 g/mol. The summed E-state index contributed by atoms with van der Waals surface area (Å²) >= 11 is 0. The van der Waals surface area contributed by atoms with Gasteiger partial charge in [-0.25, -0.2) is 9.18 Å². The van der Waals surface area contributed by atoms with Crippen LogP contribution in [0.15, 0.2) is 18.2 Å². The van der Waals surface area contributed by atoms with Crippen LogP contribution in [-0.4, -0.2) is 23.2 Å². The smallest absolute Gasteiger partial charge is 0.407 e. The maximum Gasteiger partial charge on any atom is 0.407 e. The van der Waals surface area contributed by atoms with Crippen LogP contribution >= 0.6 is 0 Å². The molecule has 0 aliphatic carbocycles. The molecule has 0 unspecified atom stereocenters. The minimum atomic E-state index is -0.510. The first-order chi connectivity index (χ1) is 8.78. The number of carbonyl (C=O) groups excluding carboxylic acids is 1. The van der Waals surface area contributed by atoms with Crippen LogP contribution in [0.1, 0.15) is 32.2 Å². The summed E-state index contributed by atoms with van der Waals surface area (Å²) in [6.45, 7) is 7.33. The summed E-state index contributed by atoms with van der Waals surface area (Å²) < 4.78 is 18.1. The number of aromatic nitrogens is 1. The van der Waals surface area contributed by atoms with Gasteiger partial charge in [-0.2, -0.15) is 0 Å². The molecular weight excluding hydrogens is 247 g/mol. The number of pyridine rings is 1. The number of hydrogen-bond acceptors (Lipinski definition) is 3. The van der Waals surface area contributed by atoms with Crippen molar-refractivity contribution in [3.8, 4) is 0 Å². The van der Waals surface area contributed by atoms with Gasteiger partial charge in [0.25, 0.3) is 0 Å². The van der Waals surface area contributed by atoms with E-state index in [-0.39, 0.29) is 5.82 Å². The van der Waals surface area contributed by atoms with Gasteiger partial charge in [0.2, 0.25) is 0 Å². The van der Waals surface area contributed by atoms with Crippen molar-refractivity contribution >= 4 is 12.2 Å². The molecule has 0 aromatic carbocycles. The lowest BCUT2D eigenvalue weighted by atomic mass is 10.2. The molecule has 0 aliphatic heterocycles. The molecule has 1 amide bonds. The monoisotopic (exact) mass is 266 g/mol. The van der Waals surface area contributed by atoms with Crippen LogP contribution in [-0.2, 0) is 4.74 Å². The number of alkyl carbamates (subject to hydrolysis) is 1. The zero-order valence-electron chi connectivity index (χ0n) is 11.7. The highest BCUT2D eigenvalue weighted by Crippen LogP contribution is 2.07. The normalized spacial score (nSPS) is 11.6. The van der Waals surface area contributed by atoms with Gasteiger partial charge in [-0.1, -0.05) is 6.08 Å². The highest BCUT2D eigenvalue weighted by molar-refractivity contribution is 5.68. The Balaban J connectivity index is 2.42. The standard InChI is InChI=1S/C14H19FN2O2/c1-10-12(15)8-7-11(17-10)6-5-9-16-13(18)19-14(2,3)4/h5-8H,9H2,1-4H3,(H,16,18). The zero-order chi connectivity index (χ0) is 14.5. The number of amides is 1. The maximum atomic E-state index is 13.0. The van der Waals surface area contributed by atoms with Gasteiger partial charge in [0, 0.05) is 6.54 Å². The second-order valence-corrected chi connectivity index (χ2v) is 5.09. The van der Waals surface area contributed by atoms with Crippen LogP contribution in [0, 0.1) is 12.7 Å². The molecule has 0 fully saturated rings. The van der Waals surface area contributed by atoms with Crippen molar-refractivity contribution in [3.63, 3.8) is 0 Å². The minimum absolute atomic E-state index is 0.326. The Labute approximate surface area is 112 Å². The van der Waals surface area contributed by atoms with Crippen LogP contribution in [0.25, 0.3) is 6.08 Å². The van der Waals surface area contributed by atoms with Crippen molar-refractivity contribution in [2.75, 3.05) is 6.54 Å². The summed E-state index contributed by atoms with van der Waals surface area (Å²) in [5, 5.41) is 2.59. The molecule has 0 saturated heterocycles. The highest BCUT2D eigenvalue weighted by Gasteiger charge is 2.14. The number of rotatable bonds is 3. The van der Waals surface area contributed by atoms with E-state index in [1.165, 1.54) is 6.07 Å². The molecule has 0 bridgehead atoms. The molecule has 19 heavy (non-hydrogen) atoms. The second kappa shape index (κ2) is 6.31. The Morgan fingerprint density at radius 3 is 2.74 bits per heavy atom. The number of ether oxygens (including phenoxy) is 1. The first-order valence-corrected chi connectivity index (χ1v) is 6.04. The predicted molar refractivity (Wildman–Crippen MR) is 72.2 cm³/mol. The summed E-state index contributed by atoms with van der Waals surface area (Å²) in [6.07, 6.45) is 2.97. The Hall–Kier alpha value is -1.91. The molecule has 0 saturated carbocycles. The van der Waals surface area contributed by atoms with Crippen LogP contribution < -0.4 is 5.32 Å². The average Bonchev–Trinajstić information content (AvgIpc) is 2.27. The summed E-state index contributed by atoms with van der Waals surface area (Å²) in [7, 11) is 0. The predicted octanol–water partition coefficient (Wildman–Crippen LogP) is 3.07. The van der Waals surface area contributed by atoms with E-state index in [9.17, 15) is 9.18 Å². The summed E-state index contributed by atoms with van der Waals surface area (Å²) in [4.78, 5) is 15.4. The third kappa shape index (κ3) is 5.99. The fourth-order valence-electron chi connectivity index (χ4n) is 1.29. The molecule has 0 atom stereocenters. The fraction of sp³-hybridized carbons (Fsp3) is 0.429. The van der Waals surface area contributed by atoms with Crippen molar-refractivity contribution in [2.45, 2.75) is 33.3 Å². The van der Waals surface area contributed by atoms with Gasteiger partial charge in [-0.05, 0) is 45.9 Å². The Kier molecular flexibility index (Phi) is 5.03. The molecule has 1 N–H and O–H groups in total. The third-order valence-electron chi connectivity index (χ3n) is 2.09. The molecule has 5 heteroatoms. The van der Waals surface area contributed by atoms with Crippen LogP contribution in [0.2, 0.25) is 0 Å². The lowest BCUT2D eigenvalue weighted by Crippen LogP contribution is -2.32. The molecule has 1 aromatic heterocycles. The Morgan fingerprint density at radius 2 is 2.16 bits per heavy atom. The fourth-order valence-corrected chi connectivity index (χ4v) is 1.29. The second-order valence-electron chi connectivity index (χ2n) is 5.09. The van der Waals surface area contributed by atoms with Crippen molar-refractivity contribution in [3.05, 3.63) is 35.4 Å². The number of hydrogen-bond donors (Lipinski definition) is 1. The SMILES string of the molecule is Cc1nc(C=CCNC(=O)OC(C)(C)C)ccc1F. The van der Waals surface area contributed by atoms with E-state index in [1.54, 1.807) is 45.9 Å². The number of carbonyl (C=O) groups is 1. The summed E-state index contributed by atoms with van der Waals surface area (Å²) in [6, 6.07) is 2.94. The topological polar surface area (TPSA) is 51.2 Å². The van der Waals surface area contributed by atoms with Crippen LogP contribution in [0.4, 0.5) is 9.18 Å². The van der Waals surface area contributed by atoms with E-state index in [0.717, 1.165) is 0 Å².